The largest absolute Gasteiger partial charge is 0.481 e. The lowest BCUT2D eigenvalue weighted by Gasteiger charge is -2.20. The van der Waals surface area contributed by atoms with Crippen molar-refractivity contribution in [2.75, 3.05) is 0 Å². The lowest BCUT2D eigenvalue weighted by molar-refractivity contribution is -0.138. The number of benzene rings is 1. The fraction of sp³-hybridized carbons (Fsp3) is 0.357. The van der Waals surface area contributed by atoms with Gasteiger partial charge < -0.3 is 10.1 Å². The molecule has 2 N–H and O–H groups in total. The molecule has 0 saturated carbocycles. The van der Waals surface area contributed by atoms with Crippen LogP contribution in [-0.4, -0.2) is 16.1 Å². The van der Waals surface area contributed by atoms with Gasteiger partial charge in [-0.3, -0.25) is 4.79 Å². The highest BCUT2D eigenvalue weighted by Gasteiger charge is 2.23. The summed E-state index contributed by atoms with van der Waals surface area (Å²) in [5.41, 5.74) is 3.81. The van der Waals surface area contributed by atoms with Crippen molar-refractivity contribution in [1.82, 2.24) is 4.98 Å². The molecule has 0 spiro atoms. The number of para-hydroxylation sites is 1. The number of H-pyrrole nitrogens is 1. The zero-order chi connectivity index (χ0) is 11.8. The molecule has 0 aliphatic heterocycles. The van der Waals surface area contributed by atoms with Crippen molar-refractivity contribution in [3.05, 3.63) is 35.5 Å². The van der Waals surface area contributed by atoms with Crippen molar-refractivity contribution < 1.29 is 9.90 Å². The summed E-state index contributed by atoms with van der Waals surface area (Å²) >= 11 is 0. The van der Waals surface area contributed by atoms with Gasteiger partial charge in [0.2, 0.25) is 0 Å². The molecule has 1 aliphatic carbocycles. The van der Waals surface area contributed by atoms with Gasteiger partial charge in [0, 0.05) is 23.0 Å². The first-order valence-corrected chi connectivity index (χ1v) is 6.04. The van der Waals surface area contributed by atoms with Gasteiger partial charge in [-0.2, -0.15) is 0 Å². The summed E-state index contributed by atoms with van der Waals surface area (Å²) in [6.07, 6.45) is 3.14. The minimum absolute atomic E-state index is 0.291. The highest BCUT2D eigenvalue weighted by molar-refractivity contribution is 5.85. The molecule has 2 aromatic rings. The number of aromatic amines is 1. The Balaban J connectivity index is 1.97. The molecule has 1 unspecified atom stereocenters. The van der Waals surface area contributed by atoms with Crippen LogP contribution in [0.2, 0.25) is 0 Å². The lowest BCUT2D eigenvalue weighted by Crippen LogP contribution is -2.16. The summed E-state index contributed by atoms with van der Waals surface area (Å²) < 4.78 is 0. The fourth-order valence-corrected chi connectivity index (χ4v) is 2.86. The monoisotopic (exact) mass is 229 g/mol. The Bertz CT molecular complexity index is 571. The van der Waals surface area contributed by atoms with Gasteiger partial charge in [0.25, 0.3) is 0 Å². The number of nitrogens with one attached hydrogen (secondary N) is 1. The van der Waals surface area contributed by atoms with Crippen LogP contribution >= 0.6 is 0 Å². The minimum atomic E-state index is -0.682. The molecular weight excluding hydrogens is 214 g/mol. The van der Waals surface area contributed by atoms with Crippen LogP contribution in [0.25, 0.3) is 10.9 Å². The Morgan fingerprint density at radius 1 is 1.41 bits per heavy atom. The van der Waals surface area contributed by atoms with E-state index >= 15 is 0 Å². The molecule has 3 rings (SSSR count). The van der Waals surface area contributed by atoms with Crippen LogP contribution in [0.1, 0.15) is 24.1 Å². The number of aromatic nitrogens is 1. The Morgan fingerprint density at radius 3 is 3.06 bits per heavy atom. The number of hydrogen-bond acceptors (Lipinski definition) is 1. The molecule has 1 aromatic carbocycles. The number of aryl methyl sites for hydroxylation is 1. The summed E-state index contributed by atoms with van der Waals surface area (Å²) in [7, 11) is 0. The van der Waals surface area contributed by atoms with E-state index in [9.17, 15) is 4.79 Å². The third-order valence-electron chi connectivity index (χ3n) is 3.66. The van der Waals surface area contributed by atoms with Crippen LogP contribution < -0.4 is 0 Å². The number of carboxylic acid groups (broad SMARTS) is 1. The van der Waals surface area contributed by atoms with Gasteiger partial charge in [-0.15, -0.1) is 0 Å². The number of fused-ring (bicyclic) bond motifs is 3. The Kier molecular flexibility index (Phi) is 2.39. The number of rotatable bonds is 2. The van der Waals surface area contributed by atoms with Crippen LogP contribution in [-0.2, 0) is 17.6 Å². The van der Waals surface area contributed by atoms with E-state index in [1.54, 1.807) is 0 Å². The first-order chi connectivity index (χ1) is 8.24. The van der Waals surface area contributed by atoms with Crippen molar-refractivity contribution in [2.45, 2.75) is 25.7 Å². The summed E-state index contributed by atoms with van der Waals surface area (Å²) in [5, 5.41) is 10.1. The predicted octanol–water partition coefficient (Wildman–Crippen LogP) is 2.75. The SMILES string of the molecule is O=C(O)CC1CCc2[nH]c3ccccc3c2C1. The van der Waals surface area contributed by atoms with E-state index in [0.717, 1.165) is 19.3 Å². The standard InChI is InChI=1S/C14H15NO2/c16-14(17)8-9-5-6-13-11(7-9)10-3-1-2-4-12(10)15-13/h1-4,9,15H,5-8H2,(H,16,17). The number of hydrogen-bond donors (Lipinski definition) is 2. The quantitative estimate of drug-likeness (QED) is 0.832. The Hall–Kier alpha value is -1.77. The normalized spacial score (nSPS) is 19.2. The molecule has 88 valence electrons. The molecule has 1 atom stereocenters. The zero-order valence-corrected chi connectivity index (χ0v) is 9.57. The van der Waals surface area contributed by atoms with Crippen LogP contribution in [0.4, 0.5) is 0 Å². The molecule has 0 radical (unpaired) electrons. The summed E-state index contributed by atoms with van der Waals surface area (Å²) in [5.74, 6) is -0.391. The summed E-state index contributed by atoms with van der Waals surface area (Å²) in [6, 6.07) is 8.27. The molecule has 0 amide bonds. The second kappa shape index (κ2) is 3.91. The molecule has 0 fully saturated rings. The molecule has 3 nitrogen and oxygen atoms in total. The molecular formula is C14H15NO2. The van der Waals surface area contributed by atoms with Gasteiger partial charge in [-0.25, -0.2) is 0 Å². The molecule has 1 heterocycles. The molecule has 0 saturated heterocycles. The van der Waals surface area contributed by atoms with Crippen molar-refractivity contribution in [3.8, 4) is 0 Å². The van der Waals surface area contributed by atoms with Crippen LogP contribution in [0, 0.1) is 5.92 Å². The molecule has 3 heteroatoms. The minimum Gasteiger partial charge on any atom is -0.481 e. The topological polar surface area (TPSA) is 53.1 Å². The average molecular weight is 229 g/mol. The van der Waals surface area contributed by atoms with E-state index in [0.29, 0.717) is 12.3 Å². The number of carboxylic acids is 1. The van der Waals surface area contributed by atoms with E-state index < -0.39 is 5.97 Å². The second-order valence-electron chi connectivity index (χ2n) is 4.83. The maximum absolute atomic E-state index is 10.8. The van der Waals surface area contributed by atoms with E-state index in [1.807, 2.05) is 12.1 Å². The van der Waals surface area contributed by atoms with E-state index in [4.69, 9.17) is 5.11 Å². The smallest absolute Gasteiger partial charge is 0.303 e. The van der Waals surface area contributed by atoms with Crippen molar-refractivity contribution in [3.63, 3.8) is 0 Å². The van der Waals surface area contributed by atoms with Gasteiger partial charge >= 0.3 is 5.97 Å². The molecule has 17 heavy (non-hydrogen) atoms. The van der Waals surface area contributed by atoms with Crippen molar-refractivity contribution >= 4 is 16.9 Å². The third kappa shape index (κ3) is 1.82. The maximum atomic E-state index is 10.8. The fourth-order valence-electron chi connectivity index (χ4n) is 2.86. The lowest BCUT2D eigenvalue weighted by atomic mass is 9.84. The average Bonchev–Trinajstić information content (AvgIpc) is 2.66. The maximum Gasteiger partial charge on any atom is 0.303 e. The molecule has 1 aliphatic rings. The Morgan fingerprint density at radius 2 is 2.24 bits per heavy atom. The van der Waals surface area contributed by atoms with Gasteiger partial charge in [-0.05, 0) is 36.8 Å². The Labute approximate surface area is 99.5 Å². The van der Waals surface area contributed by atoms with Gasteiger partial charge in [0.1, 0.15) is 0 Å². The summed E-state index contributed by atoms with van der Waals surface area (Å²) in [4.78, 5) is 14.2. The highest BCUT2D eigenvalue weighted by Crippen LogP contribution is 2.32. The number of carbonyl (C=O) groups is 1. The van der Waals surface area contributed by atoms with E-state index in [2.05, 4.69) is 17.1 Å². The third-order valence-corrected chi connectivity index (χ3v) is 3.66. The first kappa shape index (κ1) is 10.4. The predicted molar refractivity (Wildman–Crippen MR) is 66.1 cm³/mol. The van der Waals surface area contributed by atoms with Gasteiger partial charge in [0.15, 0.2) is 0 Å². The van der Waals surface area contributed by atoms with Crippen LogP contribution in [0.5, 0.6) is 0 Å². The molecule has 1 aromatic heterocycles. The van der Waals surface area contributed by atoms with E-state index in [-0.39, 0.29) is 0 Å². The summed E-state index contributed by atoms with van der Waals surface area (Å²) in [6.45, 7) is 0. The highest BCUT2D eigenvalue weighted by atomic mass is 16.4. The van der Waals surface area contributed by atoms with Crippen molar-refractivity contribution in [2.24, 2.45) is 5.92 Å². The van der Waals surface area contributed by atoms with Crippen LogP contribution in [0.3, 0.4) is 0 Å². The first-order valence-electron chi connectivity index (χ1n) is 6.04. The number of aliphatic carboxylic acids is 1. The van der Waals surface area contributed by atoms with Gasteiger partial charge in [0.05, 0.1) is 0 Å². The molecule has 0 bridgehead atoms. The zero-order valence-electron chi connectivity index (χ0n) is 9.57. The van der Waals surface area contributed by atoms with E-state index in [1.165, 1.54) is 22.2 Å². The van der Waals surface area contributed by atoms with Crippen molar-refractivity contribution in [1.29, 1.82) is 0 Å². The van der Waals surface area contributed by atoms with Gasteiger partial charge in [-0.1, -0.05) is 18.2 Å². The van der Waals surface area contributed by atoms with Crippen LogP contribution in [0.15, 0.2) is 24.3 Å². The second-order valence-corrected chi connectivity index (χ2v) is 4.83.